The molecule has 7 nitrogen and oxygen atoms in total. The van der Waals surface area contributed by atoms with Crippen molar-refractivity contribution in [2.75, 3.05) is 5.32 Å². The number of pyridine rings is 2. The maximum atomic E-state index is 12.1. The van der Waals surface area contributed by atoms with E-state index in [1.165, 1.54) is 12.4 Å². The molecule has 3 aromatic rings. The first kappa shape index (κ1) is 16.6. The number of ether oxygens (including phenoxy) is 1. The number of carbonyl (C=O) groups excluding carboxylic acids is 1. The van der Waals surface area contributed by atoms with E-state index in [0.29, 0.717) is 21.0 Å². The van der Waals surface area contributed by atoms with E-state index in [0.717, 1.165) is 11.3 Å². The Bertz CT molecular complexity index is 856. The standard InChI is InChI=1S/C14H9Cl2N5O2S/c15-8-3-4-9(18-6-8)7-23-14-21-20-13(24-14)19-12(22)10-2-1-5-17-11(10)16/h1-6H,7H2,(H,19,20,22). The maximum Gasteiger partial charge on any atom is 0.296 e. The minimum Gasteiger partial charge on any atom is -0.462 e. The predicted molar refractivity (Wildman–Crippen MR) is 90.7 cm³/mol. The number of nitrogens with zero attached hydrogens (tertiary/aromatic N) is 4. The summed E-state index contributed by atoms with van der Waals surface area (Å²) < 4.78 is 5.47. The van der Waals surface area contributed by atoms with Gasteiger partial charge in [0, 0.05) is 12.4 Å². The van der Waals surface area contributed by atoms with Crippen LogP contribution in [0.15, 0.2) is 36.7 Å². The lowest BCUT2D eigenvalue weighted by atomic mass is 10.3. The monoisotopic (exact) mass is 381 g/mol. The van der Waals surface area contributed by atoms with Crippen LogP contribution in [0.3, 0.4) is 0 Å². The lowest BCUT2D eigenvalue weighted by molar-refractivity contribution is 0.102. The molecule has 122 valence electrons. The first-order valence-corrected chi connectivity index (χ1v) is 8.17. The Balaban J connectivity index is 1.60. The summed E-state index contributed by atoms with van der Waals surface area (Å²) >= 11 is 12.7. The van der Waals surface area contributed by atoms with Crippen molar-refractivity contribution >= 4 is 45.6 Å². The number of rotatable bonds is 5. The zero-order chi connectivity index (χ0) is 16.9. The second kappa shape index (κ2) is 7.52. The Morgan fingerprint density at radius 1 is 1.21 bits per heavy atom. The minimum absolute atomic E-state index is 0.116. The molecule has 3 heterocycles. The van der Waals surface area contributed by atoms with Crippen molar-refractivity contribution in [3.05, 3.63) is 58.1 Å². The Morgan fingerprint density at radius 2 is 2.08 bits per heavy atom. The van der Waals surface area contributed by atoms with Crippen LogP contribution in [0, 0.1) is 0 Å². The summed E-state index contributed by atoms with van der Waals surface area (Å²) in [6.45, 7) is 0.216. The molecule has 1 amide bonds. The number of hydrogen-bond acceptors (Lipinski definition) is 7. The van der Waals surface area contributed by atoms with E-state index in [9.17, 15) is 4.79 Å². The average Bonchev–Trinajstić information content (AvgIpc) is 3.02. The Kier molecular flexibility index (Phi) is 5.19. The fourth-order valence-corrected chi connectivity index (χ4v) is 2.57. The lowest BCUT2D eigenvalue weighted by Crippen LogP contribution is -2.12. The molecule has 3 aromatic heterocycles. The van der Waals surface area contributed by atoms with Crippen molar-refractivity contribution in [3.8, 4) is 5.19 Å². The van der Waals surface area contributed by atoms with Crippen LogP contribution < -0.4 is 10.1 Å². The summed E-state index contributed by atoms with van der Waals surface area (Å²) in [7, 11) is 0. The van der Waals surface area contributed by atoms with Crippen molar-refractivity contribution in [3.63, 3.8) is 0 Å². The number of amides is 1. The Morgan fingerprint density at radius 3 is 2.83 bits per heavy atom. The third kappa shape index (κ3) is 4.16. The summed E-state index contributed by atoms with van der Waals surface area (Å²) in [5.74, 6) is -0.421. The van der Waals surface area contributed by atoms with Gasteiger partial charge in [0.1, 0.15) is 11.8 Å². The van der Waals surface area contributed by atoms with E-state index in [-0.39, 0.29) is 17.3 Å². The fourth-order valence-electron chi connectivity index (χ4n) is 1.67. The van der Waals surface area contributed by atoms with E-state index >= 15 is 0 Å². The zero-order valence-electron chi connectivity index (χ0n) is 11.9. The molecule has 0 saturated heterocycles. The average molecular weight is 382 g/mol. The number of nitrogens with one attached hydrogen (secondary N) is 1. The highest BCUT2D eigenvalue weighted by Gasteiger charge is 2.14. The van der Waals surface area contributed by atoms with Gasteiger partial charge in [0.25, 0.3) is 11.1 Å². The topological polar surface area (TPSA) is 89.9 Å². The van der Waals surface area contributed by atoms with Crippen LogP contribution in [0.25, 0.3) is 0 Å². The molecule has 0 atom stereocenters. The molecule has 0 aromatic carbocycles. The molecule has 0 aliphatic rings. The molecular weight excluding hydrogens is 373 g/mol. The fraction of sp³-hybridized carbons (Fsp3) is 0.0714. The van der Waals surface area contributed by atoms with Gasteiger partial charge in [0.05, 0.1) is 16.3 Å². The van der Waals surface area contributed by atoms with Gasteiger partial charge in [-0.3, -0.25) is 15.1 Å². The molecule has 10 heteroatoms. The zero-order valence-corrected chi connectivity index (χ0v) is 14.3. The second-order valence-corrected chi connectivity index (χ2v) is 6.16. The molecule has 3 rings (SSSR count). The van der Waals surface area contributed by atoms with E-state index in [1.54, 1.807) is 24.3 Å². The van der Waals surface area contributed by atoms with Crippen molar-refractivity contribution < 1.29 is 9.53 Å². The van der Waals surface area contributed by atoms with Gasteiger partial charge in [-0.25, -0.2) is 4.98 Å². The summed E-state index contributed by atoms with van der Waals surface area (Å²) in [6.07, 6.45) is 3.03. The van der Waals surface area contributed by atoms with Crippen LogP contribution in [-0.4, -0.2) is 26.1 Å². The highest BCUT2D eigenvalue weighted by molar-refractivity contribution is 7.17. The molecule has 1 N–H and O–H groups in total. The van der Waals surface area contributed by atoms with Crippen molar-refractivity contribution in [1.29, 1.82) is 0 Å². The quantitative estimate of drug-likeness (QED) is 0.680. The minimum atomic E-state index is -0.421. The smallest absolute Gasteiger partial charge is 0.296 e. The molecule has 0 aliphatic carbocycles. The number of carbonyl (C=O) groups is 1. The van der Waals surface area contributed by atoms with Gasteiger partial charge in [-0.15, -0.1) is 5.10 Å². The summed E-state index contributed by atoms with van der Waals surface area (Å²) in [5.41, 5.74) is 0.949. The molecule has 0 bridgehead atoms. The van der Waals surface area contributed by atoms with Crippen LogP contribution in [0.5, 0.6) is 5.19 Å². The number of aromatic nitrogens is 4. The van der Waals surface area contributed by atoms with Crippen LogP contribution in [-0.2, 0) is 6.61 Å². The van der Waals surface area contributed by atoms with Crippen LogP contribution in [0.1, 0.15) is 16.1 Å². The highest BCUT2D eigenvalue weighted by atomic mass is 35.5. The number of anilines is 1. The van der Waals surface area contributed by atoms with Gasteiger partial charge in [-0.05, 0) is 35.6 Å². The largest absolute Gasteiger partial charge is 0.462 e. The van der Waals surface area contributed by atoms with E-state index in [1.807, 2.05) is 0 Å². The van der Waals surface area contributed by atoms with Gasteiger partial charge in [-0.2, -0.15) is 0 Å². The molecule has 0 spiro atoms. The molecule has 0 unspecified atom stereocenters. The first-order chi connectivity index (χ1) is 11.6. The van der Waals surface area contributed by atoms with Crippen molar-refractivity contribution in [1.82, 2.24) is 20.2 Å². The predicted octanol–water partition coefficient (Wildman–Crippen LogP) is 3.47. The molecule has 0 radical (unpaired) electrons. The van der Waals surface area contributed by atoms with Crippen molar-refractivity contribution in [2.45, 2.75) is 6.61 Å². The third-order valence-corrected chi connectivity index (χ3v) is 4.04. The third-order valence-electron chi connectivity index (χ3n) is 2.76. The number of hydrogen-bond donors (Lipinski definition) is 1. The maximum absolute atomic E-state index is 12.1. The molecule has 24 heavy (non-hydrogen) atoms. The molecule has 0 saturated carbocycles. The normalized spacial score (nSPS) is 10.4. The highest BCUT2D eigenvalue weighted by Crippen LogP contribution is 2.24. The van der Waals surface area contributed by atoms with E-state index in [2.05, 4.69) is 25.5 Å². The van der Waals surface area contributed by atoms with E-state index < -0.39 is 5.91 Å². The van der Waals surface area contributed by atoms with E-state index in [4.69, 9.17) is 27.9 Å². The second-order valence-electron chi connectivity index (χ2n) is 4.43. The SMILES string of the molecule is O=C(Nc1nnc(OCc2ccc(Cl)cn2)s1)c1cccnc1Cl. The van der Waals surface area contributed by atoms with Gasteiger partial charge in [0.2, 0.25) is 5.13 Å². The van der Waals surface area contributed by atoms with Crippen LogP contribution in [0.4, 0.5) is 5.13 Å². The summed E-state index contributed by atoms with van der Waals surface area (Å²) in [6, 6.07) is 6.65. The van der Waals surface area contributed by atoms with Crippen LogP contribution in [0.2, 0.25) is 10.2 Å². The molecule has 0 fully saturated rings. The van der Waals surface area contributed by atoms with Crippen molar-refractivity contribution in [2.24, 2.45) is 0 Å². The van der Waals surface area contributed by atoms with Gasteiger partial charge in [-0.1, -0.05) is 28.3 Å². The van der Waals surface area contributed by atoms with Crippen LogP contribution >= 0.6 is 34.5 Å². The molecule has 0 aliphatic heterocycles. The van der Waals surface area contributed by atoms with Gasteiger partial charge >= 0.3 is 0 Å². The summed E-state index contributed by atoms with van der Waals surface area (Å²) in [4.78, 5) is 20.0. The Labute approximate surface area is 150 Å². The molecular formula is C14H9Cl2N5O2S. The first-order valence-electron chi connectivity index (χ1n) is 6.60. The van der Waals surface area contributed by atoms with Gasteiger partial charge < -0.3 is 4.74 Å². The number of halogens is 2. The van der Waals surface area contributed by atoms with Gasteiger partial charge in [0.15, 0.2) is 0 Å². The lowest BCUT2D eigenvalue weighted by Gasteiger charge is -2.02. The Hall–Kier alpha value is -2.29. The summed E-state index contributed by atoms with van der Waals surface area (Å²) in [5, 5.41) is 11.5.